The fourth-order valence-electron chi connectivity index (χ4n) is 0.816. The van der Waals surface area contributed by atoms with E-state index in [9.17, 15) is 14.3 Å². The minimum Gasteiger partial charge on any atom is -0.550 e. The summed E-state index contributed by atoms with van der Waals surface area (Å²) in [6.07, 6.45) is -0.250. The number of halogens is 2. The van der Waals surface area contributed by atoms with E-state index in [1.165, 1.54) is 12.1 Å². The van der Waals surface area contributed by atoms with Crippen LogP contribution in [0.2, 0.25) is 5.02 Å². The average Bonchev–Trinajstić information content (AvgIpc) is 1.96. The highest BCUT2D eigenvalue weighted by Gasteiger charge is 2.00. The van der Waals surface area contributed by atoms with Crippen LogP contribution in [-0.2, 0) is 11.2 Å². The summed E-state index contributed by atoms with van der Waals surface area (Å²) in [5, 5.41) is 10.0. The average molecular weight is 188 g/mol. The van der Waals surface area contributed by atoms with Crippen molar-refractivity contribution in [3.63, 3.8) is 0 Å². The third-order valence-corrected chi connectivity index (χ3v) is 1.62. The van der Waals surface area contributed by atoms with Crippen molar-refractivity contribution in [2.75, 3.05) is 0 Å². The van der Waals surface area contributed by atoms with Gasteiger partial charge in [-0.3, -0.25) is 0 Å². The third kappa shape index (κ3) is 2.20. The van der Waals surface area contributed by atoms with Crippen molar-refractivity contribution in [3.05, 3.63) is 34.6 Å². The molecule has 0 N–H and O–H groups in total. The number of aliphatic carboxylic acids is 1. The van der Waals surface area contributed by atoms with Gasteiger partial charge in [-0.25, -0.2) is 4.39 Å². The molecule has 1 aromatic rings. The van der Waals surface area contributed by atoms with E-state index in [2.05, 4.69) is 0 Å². The number of hydrogen-bond acceptors (Lipinski definition) is 2. The zero-order chi connectivity index (χ0) is 9.14. The van der Waals surface area contributed by atoms with Crippen LogP contribution in [0, 0.1) is 5.82 Å². The van der Waals surface area contributed by atoms with Gasteiger partial charge in [0.15, 0.2) is 0 Å². The van der Waals surface area contributed by atoms with Gasteiger partial charge in [-0.2, -0.15) is 0 Å². The van der Waals surface area contributed by atoms with Gasteiger partial charge in [-0.1, -0.05) is 17.7 Å². The van der Waals surface area contributed by atoms with E-state index in [1.807, 2.05) is 0 Å². The summed E-state index contributed by atoms with van der Waals surface area (Å²) in [6, 6.07) is 3.75. The molecule has 1 aromatic carbocycles. The Labute approximate surface area is 73.6 Å². The van der Waals surface area contributed by atoms with Crippen molar-refractivity contribution >= 4 is 17.6 Å². The molecule has 0 aromatic heterocycles. The minimum absolute atomic E-state index is 0.0752. The number of carbonyl (C=O) groups excluding carboxylic acids is 1. The van der Waals surface area contributed by atoms with E-state index < -0.39 is 11.8 Å². The lowest BCUT2D eigenvalue weighted by Gasteiger charge is -2.02. The van der Waals surface area contributed by atoms with Gasteiger partial charge in [0.25, 0.3) is 0 Å². The molecule has 0 fully saturated rings. The Hall–Kier alpha value is -1.09. The van der Waals surface area contributed by atoms with Gasteiger partial charge < -0.3 is 9.90 Å². The van der Waals surface area contributed by atoms with Crippen LogP contribution in [0.15, 0.2) is 18.2 Å². The maximum absolute atomic E-state index is 12.5. The molecule has 4 heteroatoms. The molecule has 64 valence electrons. The summed E-state index contributed by atoms with van der Waals surface area (Å²) in [4.78, 5) is 10.1. The Morgan fingerprint density at radius 1 is 1.58 bits per heavy atom. The van der Waals surface area contributed by atoms with Gasteiger partial charge in [0.1, 0.15) is 5.82 Å². The fraction of sp³-hybridized carbons (Fsp3) is 0.125. The first-order valence-electron chi connectivity index (χ1n) is 3.23. The van der Waals surface area contributed by atoms with Gasteiger partial charge in [-0.05, 0) is 17.7 Å². The van der Waals surface area contributed by atoms with Crippen LogP contribution in [0.1, 0.15) is 5.56 Å². The normalized spacial score (nSPS) is 9.83. The molecule has 0 aliphatic carbocycles. The number of rotatable bonds is 2. The zero-order valence-corrected chi connectivity index (χ0v) is 6.77. The lowest BCUT2D eigenvalue weighted by atomic mass is 10.1. The predicted octanol–water partition coefficient (Wildman–Crippen LogP) is 0.771. The van der Waals surface area contributed by atoms with Crippen molar-refractivity contribution in [1.82, 2.24) is 0 Å². The Morgan fingerprint density at radius 2 is 2.25 bits per heavy atom. The van der Waals surface area contributed by atoms with E-state index in [0.717, 1.165) is 6.07 Å². The summed E-state index contributed by atoms with van der Waals surface area (Å²) in [5.41, 5.74) is 0.432. The Balaban J connectivity index is 2.89. The fourth-order valence-corrected chi connectivity index (χ4v) is 1.02. The summed E-state index contributed by atoms with van der Waals surface area (Å²) in [5.74, 6) is -1.77. The van der Waals surface area contributed by atoms with Crippen LogP contribution < -0.4 is 5.11 Å². The van der Waals surface area contributed by atoms with Crippen molar-refractivity contribution < 1.29 is 14.3 Å². The van der Waals surface area contributed by atoms with Crippen molar-refractivity contribution in [2.24, 2.45) is 0 Å². The molecule has 0 unspecified atom stereocenters. The Bertz CT molecular complexity index is 312. The van der Waals surface area contributed by atoms with E-state index in [-0.39, 0.29) is 11.4 Å². The van der Waals surface area contributed by atoms with Gasteiger partial charge >= 0.3 is 0 Å². The maximum atomic E-state index is 12.5. The number of carboxylic acid groups (broad SMARTS) is 1. The van der Waals surface area contributed by atoms with Crippen LogP contribution in [0.5, 0.6) is 0 Å². The summed E-state index contributed by atoms with van der Waals surface area (Å²) in [6.45, 7) is 0. The van der Waals surface area contributed by atoms with E-state index in [4.69, 9.17) is 11.6 Å². The van der Waals surface area contributed by atoms with Crippen molar-refractivity contribution in [3.8, 4) is 0 Å². The molecular formula is C8H5ClFO2-. The molecule has 2 nitrogen and oxygen atoms in total. The van der Waals surface area contributed by atoms with Crippen LogP contribution in [0.3, 0.4) is 0 Å². The number of hydrogen-bond donors (Lipinski definition) is 0. The standard InChI is InChI=1S/C8H6ClFO2/c9-6-3-5(4-8(11)12)1-2-7(6)10/h1-3H,4H2,(H,11,12)/p-1. The highest BCUT2D eigenvalue weighted by Crippen LogP contribution is 2.15. The first-order valence-corrected chi connectivity index (χ1v) is 3.61. The first kappa shape index (κ1) is 9.00. The molecule has 0 radical (unpaired) electrons. The van der Waals surface area contributed by atoms with Crippen LogP contribution >= 0.6 is 11.6 Å². The van der Waals surface area contributed by atoms with Gasteiger partial charge in [0.2, 0.25) is 0 Å². The third-order valence-electron chi connectivity index (χ3n) is 1.33. The lowest BCUT2D eigenvalue weighted by molar-refractivity contribution is -0.304. The van der Waals surface area contributed by atoms with Crippen molar-refractivity contribution in [2.45, 2.75) is 6.42 Å². The first-order chi connectivity index (χ1) is 5.59. The lowest BCUT2D eigenvalue weighted by Crippen LogP contribution is -2.24. The quantitative estimate of drug-likeness (QED) is 0.686. The molecule has 0 heterocycles. The molecule has 0 aliphatic rings. The molecule has 0 atom stereocenters. The van der Waals surface area contributed by atoms with Crippen LogP contribution in [0.25, 0.3) is 0 Å². The summed E-state index contributed by atoms with van der Waals surface area (Å²) < 4.78 is 12.5. The van der Waals surface area contributed by atoms with Gasteiger partial charge in [0, 0.05) is 12.4 Å². The molecule has 0 saturated heterocycles. The molecule has 0 saturated carbocycles. The highest BCUT2D eigenvalue weighted by molar-refractivity contribution is 6.30. The predicted molar refractivity (Wildman–Crippen MR) is 40.1 cm³/mol. The number of carbonyl (C=O) groups is 1. The molecule has 0 amide bonds. The topological polar surface area (TPSA) is 40.1 Å². The smallest absolute Gasteiger partial charge is 0.141 e. The second-order valence-corrected chi connectivity index (χ2v) is 2.70. The molecule has 1 rings (SSSR count). The largest absolute Gasteiger partial charge is 0.550 e. The number of carboxylic acids is 1. The molecule has 0 aliphatic heterocycles. The zero-order valence-electron chi connectivity index (χ0n) is 6.01. The summed E-state index contributed by atoms with van der Waals surface area (Å²) in [7, 11) is 0. The monoisotopic (exact) mass is 187 g/mol. The van der Waals surface area contributed by atoms with Gasteiger partial charge in [-0.15, -0.1) is 0 Å². The molecule has 12 heavy (non-hydrogen) atoms. The Morgan fingerprint density at radius 3 is 2.75 bits per heavy atom. The van der Waals surface area contributed by atoms with E-state index >= 15 is 0 Å². The minimum atomic E-state index is -1.21. The second kappa shape index (κ2) is 3.54. The Kier molecular flexibility index (Phi) is 2.65. The maximum Gasteiger partial charge on any atom is 0.141 e. The second-order valence-electron chi connectivity index (χ2n) is 2.30. The highest BCUT2D eigenvalue weighted by atomic mass is 35.5. The molecule has 0 bridgehead atoms. The van der Waals surface area contributed by atoms with E-state index in [1.54, 1.807) is 0 Å². The molecule has 0 spiro atoms. The van der Waals surface area contributed by atoms with Crippen LogP contribution in [0.4, 0.5) is 4.39 Å². The summed E-state index contributed by atoms with van der Waals surface area (Å²) >= 11 is 5.41. The van der Waals surface area contributed by atoms with Gasteiger partial charge in [0.05, 0.1) is 5.02 Å². The molecular weight excluding hydrogens is 183 g/mol. The SMILES string of the molecule is O=C([O-])Cc1ccc(F)c(Cl)c1. The number of benzene rings is 1. The van der Waals surface area contributed by atoms with E-state index in [0.29, 0.717) is 5.56 Å². The van der Waals surface area contributed by atoms with Crippen LogP contribution in [-0.4, -0.2) is 5.97 Å². The van der Waals surface area contributed by atoms with Crippen molar-refractivity contribution in [1.29, 1.82) is 0 Å².